The van der Waals surface area contributed by atoms with Gasteiger partial charge in [-0.15, -0.1) is 24.8 Å². The van der Waals surface area contributed by atoms with Crippen LogP contribution in [0.25, 0.3) is 0 Å². The molecule has 0 aromatic carbocycles. The molecule has 1 amide bonds. The second-order valence-corrected chi connectivity index (χ2v) is 4.36. The maximum atomic E-state index is 11.2. The quantitative estimate of drug-likeness (QED) is 0.739. The molecule has 1 saturated heterocycles. The van der Waals surface area contributed by atoms with E-state index >= 15 is 0 Å². The molecular formula is C11H25Cl2N3O2. The first-order valence-electron chi connectivity index (χ1n) is 5.99. The van der Waals surface area contributed by atoms with Crippen molar-refractivity contribution >= 4 is 30.7 Å². The fraction of sp³-hybridized carbons (Fsp3) is 0.909. The first-order chi connectivity index (χ1) is 7.72. The van der Waals surface area contributed by atoms with Crippen molar-refractivity contribution in [3.05, 3.63) is 0 Å². The molecule has 1 aliphatic heterocycles. The largest absolute Gasteiger partial charge is 0.379 e. The number of carbonyl (C=O) groups is 1. The van der Waals surface area contributed by atoms with E-state index in [1.807, 2.05) is 0 Å². The van der Waals surface area contributed by atoms with Gasteiger partial charge < -0.3 is 15.8 Å². The molecular weight excluding hydrogens is 277 g/mol. The van der Waals surface area contributed by atoms with Gasteiger partial charge >= 0.3 is 0 Å². The SMILES string of the molecule is CC(CNC(=O)CCN)CN1CCOCC1.Cl.Cl. The fourth-order valence-corrected chi connectivity index (χ4v) is 1.80. The number of amides is 1. The molecule has 18 heavy (non-hydrogen) atoms. The number of nitrogens with one attached hydrogen (secondary N) is 1. The lowest BCUT2D eigenvalue weighted by molar-refractivity contribution is -0.121. The Hall–Kier alpha value is -0.0700. The smallest absolute Gasteiger partial charge is 0.221 e. The zero-order valence-electron chi connectivity index (χ0n) is 10.9. The summed E-state index contributed by atoms with van der Waals surface area (Å²) in [7, 11) is 0. The number of hydrogen-bond acceptors (Lipinski definition) is 4. The normalized spacial score (nSPS) is 17.2. The van der Waals surface area contributed by atoms with Crippen LogP contribution in [0.5, 0.6) is 0 Å². The zero-order valence-corrected chi connectivity index (χ0v) is 12.5. The molecule has 110 valence electrons. The summed E-state index contributed by atoms with van der Waals surface area (Å²) in [5.74, 6) is 0.524. The number of nitrogens with two attached hydrogens (primary N) is 1. The van der Waals surface area contributed by atoms with Crippen molar-refractivity contribution in [2.75, 3.05) is 45.9 Å². The van der Waals surface area contributed by atoms with Crippen molar-refractivity contribution in [2.45, 2.75) is 13.3 Å². The van der Waals surface area contributed by atoms with Gasteiger partial charge in [0.2, 0.25) is 5.91 Å². The molecule has 0 bridgehead atoms. The number of morpholine rings is 1. The molecule has 0 aromatic rings. The Morgan fingerprint density at radius 1 is 1.39 bits per heavy atom. The Kier molecular flexibility index (Phi) is 13.5. The van der Waals surface area contributed by atoms with E-state index < -0.39 is 0 Å². The molecule has 1 unspecified atom stereocenters. The summed E-state index contributed by atoms with van der Waals surface area (Å²) < 4.78 is 5.29. The van der Waals surface area contributed by atoms with Crippen LogP contribution in [0, 0.1) is 5.92 Å². The monoisotopic (exact) mass is 301 g/mol. The predicted octanol–water partition coefficient (Wildman–Crippen LogP) is 0.263. The predicted molar refractivity (Wildman–Crippen MR) is 77.6 cm³/mol. The topological polar surface area (TPSA) is 67.6 Å². The number of rotatable bonds is 6. The van der Waals surface area contributed by atoms with Crippen LogP contribution in [0.15, 0.2) is 0 Å². The molecule has 5 nitrogen and oxygen atoms in total. The molecule has 1 fully saturated rings. The van der Waals surface area contributed by atoms with E-state index in [9.17, 15) is 4.79 Å². The molecule has 0 radical (unpaired) electrons. The molecule has 0 spiro atoms. The molecule has 0 aromatic heterocycles. The van der Waals surface area contributed by atoms with Gasteiger partial charge in [0.1, 0.15) is 0 Å². The number of nitrogens with zero attached hydrogens (tertiary/aromatic N) is 1. The second-order valence-electron chi connectivity index (χ2n) is 4.36. The highest BCUT2D eigenvalue weighted by Gasteiger charge is 2.13. The number of hydrogen-bond donors (Lipinski definition) is 2. The average Bonchev–Trinajstić information content (AvgIpc) is 2.28. The fourth-order valence-electron chi connectivity index (χ4n) is 1.80. The molecule has 0 saturated carbocycles. The molecule has 1 rings (SSSR count). The van der Waals surface area contributed by atoms with Gasteiger partial charge in [0, 0.05) is 39.1 Å². The lowest BCUT2D eigenvalue weighted by Gasteiger charge is -2.29. The summed E-state index contributed by atoms with van der Waals surface area (Å²) in [5, 5.41) is 2.90. The van der Waals surface area contributed by atoms with Gasteiger partial charge in [-0.2, -0.15) is 0 Å². The number of halogens is 2. The van der Waals surface area contributed by atoms with Gasteiger partial charge in [0.05, 0.1) is 13.2 Å². The lowest BCUT2D eigenvalue weighted by Crippen LogP contribution is -2.41. The van der Waals surface area contributed by atoms with Gasteiger partial charge in [-0.3, -0.25) is 9.69 Å². The summed E-state index contributed by atoms with van der Waals surface area (Å²) in [6.07, 6.45) is 0.421. The van der Waals surface area contributed by atoms with Gasteiger partial charge in [-0.25, -0.2) is 0 Å². The average molecular weight is 302 g/mol. The van der Waals surface area contributed by atoms with Gasteiger partial charge in [0.25, 0.3) is 0 Å². The molecule has 7 heteroatoms. The Labute approximate surface area is 122 Å². The maximum absolute atomic E-state index is 11.2. The van der Waals surface area contributed by atoms with Crippen LogP contribution in [0.2, 0.25) is 0 Å². The molecule has 1 atom stereocenters. The highest BCUT2D eigenvalue weighted by atomic mass is 35.5. The van der Waals surface area contributed by atoms with Crippen LogP contribution in [-0.4, -0.2) is 56.7 Å². The third-order valence-corrected chi connectivity index (χ3v) is 2.69. The van der Waals surface area contributed by atoms with E-state index in [1.165, 1.54) is 0 Å². The van der Waals surface area contributed by atoms with Gasteiger partial charge in [-0.1, -0.05) is 6.92 Å². The van der Waals surface area contributed by atoms with Crippen LogP contribution >= 0.6 is 24.8 Å². The van der Waals surface area contributed by atoms with E-state index in [-0.39, 0.29) is 30.7 Å². The molecule has 0 aliphatic carbocycles. The van der Waals surface area contributed by atoms with Crippen LogP contribution < -0.4 is 11.1 Å². The standard InChI is InChI=1S/C11H23N3O2.2ClH/c1-10(8-13-11(15)2-3-12)9-14-4-6-16-7-5-14;;/h10H,2-9,12H2,1H3,(H,13,15);2*1H. The maximum Gasteiger partial charge on any atom is 0.221 e. The van der Waals surface area contributed by atoms with Crippen molar-refractivity contribution in [2.24, 2.45) is 11.7 Å². The minimum absolute atomic E-state index is 0. The molecule has 3 N–H and O–H groups in total. The highest BCUT2D eigenvalue weighted by Crippen LogP contribution is 2.02. The number of ether oxygens (including phenoxy) is 1. The van der Waals surface area contributed by atoms with E-state index in [0.29, 0.717) is 18.9 Å². The Bertz CT molecular complexity index is 214. The third kappa shape index (κ3) is 8.94. The summed E-state index contributed by atoms with van der Waals surface area (Å²) in [6.45, 7) is 7.98. The van der Waals surface area contributed by atoms with Crippen molar-refractivity contribution in [1.82, 2.24) is 10.2 Å². The summed E-state index contributed by atoms with van der Waals surface area (Å²) in [6, 6.07) is 0. The van der Waals surface area contributed by atoms with Crippen molar-refractivity contribution in [3.8, 4) is 0 Å². The van der Waals surface area contributed by atoms with Crippen LogP contribution in [0.1, 0.15) is 13.3 Å². The highest BCUT2D eigenvalue weighted by molar-refractivity contribution is 5.85. The molecule has 1 aliphatic rings. The summed E-state index contributed by atoms with van der Waals surface area (Å²) in [4.78, 5) is 13.6. The van der Waals surface area contributed by atoms with Crippen LogP contribution in [0.4, 0.5) is 0 Å². The van der Waals surface area contributed by atoms with E-state index in [4.69, 9.17) is 10.5 Å². The van der Waals surface area contributed by atoms with Crippen molar-refractivity contribution in [1.29, 1.82) is 0 Å². The van der Waals surface area contributed by atoms with E-state index in [0.717, 1.165) is 39.4 Å². The Balaban J connectivity index is 0. The Morgan fingerprint density at radius 2 is 2.00 bits per heavy atom. The lowest BCUT2D eigenvalue weighted by atomic mass is 10.1. The summed E-state index contributed by atoms with van der Waals surface area (Å²) >= 11 is 0. The Morgan fingerprint density at radius 3 is 2.56 bits per heavy atom. The first-order valence-corrected chi connectivity index (χ1v) is 5.99. The third-order valence-electron chi connectivity index (χ3n) is 2.69. The minimum atomic E-state index is 0. The van der Waals surface area contributed by atoms with Crippen LogP contribution in [-0.2, 0) is 9.53 Å². The van der Waals surface area contributed by atoms with Crippen molar-refractivity contribution in [3.63, 3.8) is 0 Å². The first kappa shape index (κ1) is 20.3. The molecule has 1 heterocycles. The second kappa shape index (κ2) is 12.0. The van der Waals surface area contributed by atoms with Gasteiger partial charge in [0.15, 0.2) is 0 Å². The van der Waals surface area contributed by atoms with Crippen molar-refractivity contribution < 1.29 is 9.53 Å². The van der Waals surface area contributed by atoms with E-state index in [1.54, 1.807) is 0 Å². The summed E-state index contributed by atoms with van der Waals surface area (Å²) in [5.41, 5.74) is 5.30. The zero-order chi connectivity index (χ0) is 11.8. The van der Waals surface area contributed by atoms with Crippen LogP contribution in [0.3, 0.4) is 0 Å². The van der Waals surface area contributed by atoms with E-state index in [2.05, 4.69) is 17.1 Å². The number of carbonyl (C=O) groups excluding carboxylic acids is 1. The minimum Gasteiger partial charge on any atom is -0.379 e. The van der Waals surface area contributed by atoms with Gasteiger partial charge in [-0.05, 0) is 5.92 Å².